The van der Waals surface area contributed by atoms with Crippen LogP contribution in [0.2, 0.25) is 0 Å². The Labute approximate surface area is 85.9 Å². The van der Waals surface area contributed by atoms with Gasteiger partial charge in [-0.15, -0.1) is 0 Å². The van der Waals surface area contributed by atoms with Gasteiger partial charge in [-0.05, 0) is 25.2 Å². The van der Waals surface area contributed by atoms with Crippen molar-refractivity contribution >= 4 is 5.91 Å². The summed E-state index contributed by atoms with van der Waals surface area (Å²) >= 11 is 0. The molecule has 0 aromatic carbocycles. The molecule has 0 saturated carbocycles. The molecule has 0 radical (unpaired) electrons. The number of aliphatic hydroxyl groups excluding tert-OH is 1. The Hall–Kier alpha value is -0.610. The van der Waals surface area contributed by atoms with Crippen LogP contribution in [0, 0.1) is 5.41 Å². The summed E-state index contributed by atoms with van der Waals surface area (Å²) in [6, 6.07) is -0.455. The standard InChI is InChI=1S/C10H22N2O2/c1-8(11)9(14)12-7-10(2,3)5-4-6-13/h8,13H,4-7,11H2,1-3H3,(H,12,14)/t8-/m1/s1. The Morgan fingerprint density at radius 1 is 1.57 bits per heavy atom. The van der Waals surface area contributed by atoms with Crippen molar-refractivity contribution in [3.8, 4) is 0 Å². The summed E-state index contributed by atoms with van der Waals surface area (Å²) in [4.78, 5) is 11.2. The predicted octanol–water partition coefficient (Wildman–Crippen LogP) is 0.248. The summed E-state index contributed by atoms with van der Waals surface area (Å²) < 4.78 is 0. The van der Waals surface area contributed by atoms with E-state index < -0.39 is 6.04 Å². The molecule has 0 aromatic rings. The van der Waals surface area contributed by atoms with Crippen molar-refractivity contribution in [1.82, 2.24) is 5.32 Å². The van der Waals surface area contributed by atoms with Crippen LogP contribution in [0.15, 0.2) is 0 Å². The van der Waals surface area contributed by atoms with Crippen LogP contribution >= 0.6 is 0 Å². The average molecular weight is 202 g/mol. The Morgan fingerprint density at radius 3 is 2.57 bits per heavy atom. The molecule has 4 N–H and O–H groups in total. The van der Waals surface area contributed by atoms with E-state index in [0.717, 1.165) is 12.8 Å². The van der Waals surface area contributed by atoms with Crippen LogP contribution in [-0.4, -0.2) is 30.2 Å². The third-order valence-electron chi connectivity index (χ3n) is 2.17. The van der Waals surface area contributed by atoms with E-state index in [1.165, 1.54) is 0 Å². The molecule has 84 valence electrons. The fraction of sp³-hybridized carbons (Fsp3) is 0.900. The molecule has 0 heterocycles. The van der Waals surface area contributed by atoms with E-state index in [0.29, 0.717) is 6.54 Å². The number of carbonyl (C=O) groups excluding carboxylic acids is 1. The molecule has 0 rings (SSSR count). The van der Waals surface area contributed by atoms with Gasteiger partial charge in [0.1, 0.15) is 0 Å². The van der Waals surface area contributed by atoms with Crippen LogP contribution in [0.5, 0.6) is 0 Å². The quantitative estimate of drug-likeness (QED) is 0.578. The minimum Gasteiger partial charge on any atom is -0.396 e. The monoisotopic (exact) mass is 202 g/mol. The molecule has 1 atom stereocenters. The molecule has 0 aliphatic heterocycles. The highest BCUT2D eigenvalue weighted by atomic mass is 16.2. The molecular formula is C10H22N2O2. The molecule has 14 heavy (non-hydrogen) atoms. The third kappa shape index (κ3) is 5.94. The molecule has 0 aromatic heterocycles. The SMILES string of the molecule is C[C@@H](N)C(=O)NCC(C)(C)CCCO. The first-order valence-electron chi connectivity index (χ1n) is 5.03. The second kappa shape index (κ2) is 5.98. The van der Waals surface area contributed by atoms with Gasteiger partial charge in [-0.2, -0.15) is 0 Å². The first-order chi connectivity index (χ1) is 6.39. The van der Waals surface area contributed by atoms with Crippen molar-refractivity contribution in [2.45, 2.75) is 39.7 Å². The maximum atomic E-state index is 11.2. The van der Waals surface area contributed by atoms with Gasteiger partial charge in [-0.25, -0.2) is 0 Å². The zero-order valence-electron chi connectivity index (χ0n) is 9.34. The van der Waals surface area contributed by atoms with Crippen molar-refractivity contribution in [3.63, 3.8) is 0 Å². The van der Waals surface area contributed by atoms with Crippen LogP contribution in [0.1, 0.15) is 33.6 Å². The molecule has 4 heteroatoms. The van der Waals surface area contributed by atoms with E-state index in [4.69, 9.17) is 10.8 Å². The van der Waals surface area contributed by atoms with Gasteiger partial charge in [0.05, 0.1) is 6.04 Å². The van der Waals surface area contributed by atoms with E-state index in [1.807, 2.05) is 0 Å². The smallest absolute Gasteiger partial charge is 0.236 e. The van der Waals surface area contributed by atoms with Crippen LogP contribution in [-0.2, 0) is 4.79 Å². The van der Waals surface area contributed by atoms with Gasteiger partial charge >= 0.3 is 0 Å². The molecule has 0 fully saturated rings. The number of hydrogen-bond donors (Lipinski definition) is 3. The van der Waals surface area contributed by atoms with Gasteiger partial charge in [-0.3, -0.25) is 4.79 Å². The summed E-state index contributed by atoms with van der Waals surface area (Å²) in [6.45, 7) is 6.59. The normalized spacial score (nSPS) is 13.8. The highest BCUT2D eigenvalue weighted by Crippen LogP contribution is 2.20. The van der Waals surface area contributed by atoms with Crippen LogP contribution in [0.25, 0.3) is 0 Å². The second-order valence-electron chi connectivity index (χ2n) is 4.50. The Balaban J connectivity index is 3.80. The van der Waals surface area contributed by atoms with E-state index in [9.17, 15) is 4.79 Å². The Morgan fingerprint density at radius 2 is 2.14 bits per heavy atom. The number of nitrogens with one attached hydrogen (secondary N) is 1. The number of hydrogen-bond acceptors (Lipinski definition) is 3. The van der Waals surface area contributed by atoms with Crippen molar-refractivity contribution in [2.24, 2.45) is 11.1 Å². The lowest BCUT2D eigenvalue weighted by Crippen LogP contribution is -2.42. The molecule has 0 aliphatic rings. The molecule has 0 unspecified atom stereocenters. The first-order valence-corrected chi connectivity index (χ1v) is 5.03. The van der Waals surface area contributed by atoms with E-state index in [1.54, 1.807) is 6.92 Å². The summed E-state index contributed by atoms with van der Waals surface area (Å²) in [5.74, 6) is -0.123. The maximum Gasteiger partial charge on any atom is 0.236 e. The van der Waals surface area contributed by atoms with Crippen molar-refractivity contribution in [1.29, 1.82) is 0 Å². The van der Waals surface area contributed by atoms with Crippen LogP contribution in [0.4, 0.5) is 0 Å². The van der Waals surface area contributed by atoms with Gasteiger partial charge < -0.3 is 16.2 Å². The van der Waals surface area contributed by atoms with Crippen molar-refractivity contribution in [3.05, 3.63) is 0 Å². The van der Waals surface area contributed by atoms with Crippen LogP contribution < -0.4 is 11.1 Å². The van der Waals surface area contributed by atoms with E-state index in [-0.39, 0.29) is 17.9 Å². The van der Waals surface area contributed by atoms with E-state index >= 15 is 0 Å². The fourth-order valence-corrected chi connectivity index (χ4v) is 1.13. The first kappa shape index (κ1) is 13.4. The minimum absolute atomic E-state index is 0.0211. The predicted molar refractivity (Wildman–Crippen MR) is 56.8 cm³/mol. The number of aliphatic hydroxyl groups is 1. The van der Waals surface area contributed by atoms with Crippen molar-refractivity contribution < 1.29 is 9.90 Å². The fourth-order valence-electron chi connectivity index (χ4n) is 1.13. The largest absolute Gasteiger partial charge is 0.396 e. The molecule has 0 spiro atoms. The lowest BCUT2D eigenvalue weighted by atomic mass is 9.88. The third-order valence-corrected chi connectivity index (χ3v) is 2.17. The molecule has 0 saturated heterocycles. The minimum atomic E-state index is -0.455. The Bertz CT molecular complexity index is 179. The maximum absolute atomic E-state index is 11.2. The topological polar surface area (TPSA) is 75.4 Å². The summed E-state index contributed by atoms with van der Waals surface area (Å²) in [5.41, 5.74) is 5.43. The zero-order valence-corrected chi connectivity index (χ0v) is 9.34. The van der Waals surface area contributed by atoms with Gasteiger partial charge in [-0.1, -0.05) is 13.8 Å². The van der Waals surface area contributed by atoms with Crippen LogP contribution in [0.3, 0.4) is 0 Å². The number of amides is 1. The molecule has 0 bridgehead atoms. The van der Waals surface area contributed by atoms with Gasteiger partial charge in [0.15, 0.2) is 0 Å². The zero-order chi connectivity index (χ0) is 11.2. The van der Waals surface area contributed by atoms with Gasteiger partial charge in [0.2, 0.25) is 5.91 Å². The lowest BCUT2D eigenvalue weighted by Gasteiger charge is -2.25. The molecule has 0 aliphatic carbocycles. The highest BCUT2D eigenvalue weighted by Gasteiger charge is 2.18. The summed E-state index contributed by atoms with van der Waals surface area (Å²) in [7, 11) is 0. The Kier molecular flexibility index (Phi) is 5.72. The lowest BCUT2D eigenvalue weighted by molar-refractivity contribution is -0.122. The molecular weight excluding hydrogens is 180 g/mol. The highest BCUT2D eigenvalue weighted by molar-refractivity contribution is 5.80. The van der Waals surface area contributed by atoms with Gasteiger partial charge in [0.25, 0.3) is 0 Å². The number of rotatable bonds is 6. The number of nitrogens with two attached hydrogens (primary N) is 1. The summed E-state index contributed by atoms with van der Waals surface area (Å²) in [6.07, 6.45) is 1.66. The van der Waals surface area contributed by atoms with Crippen molar-refractivity contribution in [2.75, 3.05) is 13.2 Å². The second-order valence-corrected chi connectivity index (χ2v) is 4.50. The number of carbonyl (C=O) groups is 1. The summed E-state index contributed by atoms with van der Waals surface area (Å²) in [5, 5.41) is 11.5. The van der Waals surface area contributed by atoms with E-state index in [2.05, 4.69) is 19.2 Å². The molecule has 1 amide bonds. The van der Waals surface area contributed by atoms with Gasteiger partial charge in [0, 0.05) is 13.2 Å². The average Bonchev–Trinajstić information content (AvgIpc) is 2.11. The molecule has 4 nitrogen and oxygen atoms in total.